The van der Waals surface area contributed by atoms with Crippen LogP contribution in [0.5, 0.6) is 0 Å². The summed E-state index contributed by atoms with van der Waals surface area (Å²) in [7, 11) is -1.65. The van der Waals surface area contributed by atoms with E-state index >= 15 is 0 Å². The van der Waals surface area contributed by atoms with E-state index < -0.39 is 21.6 Å². The van der Waals surface area contributed by atoms with E-state index in [1.165, 1.54) is 24.3 Å². The number of alkyl halides is 3. The van der Waals surface area contributed by atoms with E-state index in [0.29, 0.717) is 17.8 Å². The van der Waals surface area contributed by atoms with E-state index in [-0.39, 0.29) is 44.6 Å². The highest BCUT2D eigenvalue weighted by Gasteiger charge is 2.52. The van der Waals surface area contributed by atoms with Crippen molar-refractivity contribution in [2.45, 2.75) is 68.0 Å². The third-order valence-electron chi connectivity index (χ3n) is 8.69. The number of halogens is 4. The lowest BCUT2D eigenvalue weighted by molar-refractivity contribution is -0.137. The SMILES string of the molecule is Cn1c(-c2ccccc2C(F)(F)F)nnc1C12CCC(CC(=O)NCc3ccc(S(C)(=O)=O)cc3Cl)(CC1)CC2. The van der Waals surface area contributed by atoms with Crippen molar-refractivity contribution < 1.29 is 26.4 Å². The van der Waals surface area contributed by atoms with E-state index in [0.717, 1.165) is 50.8 Å². The van der Waals surface area contributed by atoms with Gasteiger partial charge in [-0.1, -0.05) is 35.9 Å². The van der Waals surface area contributed by atoms with Crippen LogP contribution in [0.2, 0.25) is 5.02 Å². The third kappa shape index (κ3) is 5.37. The van der Waals surface area contributed by atoms with Gasteiger partial charge in [0.15, 0.2) is 15.7 Å². The second kappa shape index (κ2) is 10.2. The molecule has 0 unspecified atom stereocenters. The quantitative estimate of drug-likeness (QED) is 0.370. The molecule has 2 aromatic carbocycles. The molecule has 0 aliphatic heterocycles. The van der Waals surface area contributed by atoms with Gasteiger partial charge in [-0.3, -0.25) is 4.79 Å². The molecule has 214 valence electrons. The molecule has 40 heavy (non-hydrogen) atoms. The lowest BCUT2D eigenvalue weighted by Gasteiger charge is -2.52. The number of sulfone groups is 1. The fraction of sp³-hybridized carbons (Fsp3) is 0.464. The van der Waals surface area contributed by atoms with Crippen molar-refractivity contribution >= 4 is 27.3 Å². The molecule has 0 atom stereocenters. The first-order valence-electron chi connectivity index (χ1n) is 13.0. The highest BCUT2D eigenvalue weighted by atomic mass is 35.5. The van der Waals surface area contributed by atoms with Crippen LogP contribution < -0.4 is 5.32 Å². The largest absolute Gasteiger partial charge is 0.417 e. The van der Waals surface area contributed by atoms with Gasteiger partial charge in [-0.25, -0.2) is 8.42 Å². The molecule has 1 N–H and O–H groups in total. The number of benzene rings is 2. The highest BCUT2D eigenvalue weighted by molar-refractivity contribution is 7.90. The minimum Gasteiger partial charge on any atom is -0.352 e. The van der Waals surface area contributed by atoms with Gasteiger partial charge in [0.1, 0.15) is 5.82 Å². The van der Waals surface area contributed by atoms with E-state index in [1.807, 2.05) is 0 Å². The molecule has 7 nitrogen and oxygen atoms in total. The van der Waals surface area contributed by atoms with Crippen LogP contribution in [0.25, 0.3) is 11.4 Å². The average molecular weight is 595 g/mol. The molecule has 0 saturated heterocycles. The van der Waals surface area contributed by atoms with E-state index in [2.05, 4.69) is 15.5 Å². The molecule has 1 aromatic heterocycles. The molecule has 0 radical (unpaired) electrons. The molecular weight excluding hydrogens is 565 g/mol. The van der Waals surface area contributed by atoms with Crippen LogP contribution in [0.15, 0.2) is 47.4 Å². The number of hydrogen-bond acceptors (Lipinski definition) is 5. The normalized spacial score (nSPS) is 22.9. The van der Waals surface area contributed by atoms with Crippen molar-refractivity contribution in [1.29, 1.82) is 0 Å². The van der Waals surface area contributed by atoms with Crippen LogP contribution in [0.4, 0.5) is 13.2 Å². The molecule has 1 heterocycles. The summed E-state index contributed by atoms with van der Waals surface area (Å²) >= 11 is 6.25. The Morgan fingerprint density at radius 2 is 1.70 bits per heavy atom. The first kappa shape index (κ1) is 28.6. The summed E-state index contributed by atoms with van der Waals surface area (Å²) in [6, 6.07) is 9.88. The Labute approximate surface area is 236 Å². The molecule has 3 aromatic rings. The van der Waals surface area contributed by atoms with Gasteiger partial charge in [0.05, 0.1) is 10.5 Å². The van der Waals surface area contributed by atoms with Gasteiger partial charge in [0, 0.05) is 42.3 Å². The maximum Gasteiger partial charge on any atom is 0.417 e. The summed E-state index contributed by atoms with van der Waals surface area (Å²) in [5.74, 6) is 0.800. The van der Waals surface area contributed by atoms with Crippen LogP contribution in [0.1, 0.15) is 61.9 Å². The third-order valence-corrected chi connectivity index (χ3v) is 10.2. The molecule has 3 aliphatic carbocycles. The Morgan fingerprint density at radius 1 is 1.05 bits per heavy atom. The zero-order chi connectivity index (χ0) is 28.9. The lowest BCUT2D eigenvalue weighted by Crippen LogP contribution is -2.47. The van der Waals surface area contributed by atoms with Gasteiger partial charge in [0.2, 0.25) is 5.91 Å². The number of fused-ring (bicyclic) bond motifs is 3. The fourth-order valence-electron chi connectivity index (χ4n) is 6.31. The number of nitrogens with one attached hydrogen (secondary N) is 1. The van der Waals surface area contributed by atoms with Gasteiger partial charge in [-0.15, -0.1) is 10.2 Å². The van der Waals surface area contributed by atoms with Gasteiger partial charge in [-0.05, 0) is 67.7 Å². The molecule has 2 bridgehead atoms. The van der Waals surface area contributed by atoms with E-state index in [1.54, 1.807) is 23.7 Å². The monoisotopic (exact) mass is 594 g/mol. The number of aromatic nitrogens is 3. The Bertz CT molecular complexity index is 1540. The lowest BCUT2D eigenvalue weighted by atomic mass is 9.52. The summed E-state index contributed by atoms with van der Waals surface area (Å²) in [5.41, 5.74) is -0.507. The van der Waals surface area contributed by atoms with Gasteiger partial charge in [0.25, 0.3) is 0 Å². The molecular formula is C28H30ClF3N4O3S. The maximum absolute atomic E-state index is 13.6. The summed E-state index contributed by atoms with van der Waals surface area (Å²) in [6.45, 7) is 0.197. The highest BCUT2D eigenvalue weighted by Crippen LogP contribution is 2.59. The second-order valence-electron chi connectivity index (χ2n) is 11.2. The van der Waals surface area contributed by atoms with Crippen molar-refractivity contribution in [2.75, 3.05) is 6.26 Å². The average Bonchev–Trinajstić information content (AvgIpc) is 3.29. The predicted octanol–water partition coefficient (Wildman–Crippen LogP) is 5.86. The Balaban J connectivity index is 1.25. The van der Waals surface area contributed by atoms with Crippen molar-refractivity contribution in [3.8, 4) is 11.4 Å². The van der Waals surface area contributed by atoms with Crippen LogP contribution in [0, 0.1) is 5.41 Å². The van der Waals surface area contributed by atoms with Crippen LogP contribution in [-0.4, -0.2) is 35.3 Å². The Kier molecular flexibility index (Phi) is 7.27. The first-order chi connectivity index (χ1) is 18.7. The number of rotatable bonds is 7. The maximum atomic E-state index is 13.6. The second-order valence-corrected chi connectivity index (χ2v) is 13.6. The number of carbonyl (C=O) groups excluding carboxylic acids is 1. The molecule has 3 saturated carbocycles. The zero-order valence-electron chi connectivity index (χ0n) is 22.2. The number of hydrogen-bond donors (Lipinski definition) is 1. The van der Waals surface area contributed by atoms with Crippen molar-refractivity contribution in [2.24, 2.45) is 12.5 Å². The standard InChI is InChI=1S/C28H30ClF3N4O3S/c1-36-24(20-5-3-4-6-21(20)28(30,31)32)34-35-25(36)27-12-9-26(10-13-27,11-14-27)16-23(37)33-17-18-7-8-19(15-22(18)29)40(2,38)39/h3-8,15H,9-14,16-17H2,1-2H3,(H,33,37). The predicted molar refractivity (Wildman–Crippen MR) is 144 cm³/mol. The minimum atomic E-state index is -4.50. The zero-order valence-corrected chi connectivity index (χ0v) is 23.8. The van der Waals surface area contributed by atoms with Crippen LogP contribution in [-0.2, 0) is 39.8 Å². The van der Waals surface area contributed by atoms with Gasteiger partial charge in [-0.2, -0.15) is 13.2 Å². The smallest absolute Gasteiger partial charge is 0.352 e. The molecule has 0 spiro atoms. The number of nitrogens with zero attached hydrogens (tertiary/aromatic N) is 3. The Hall–Kier alpha value is -2.92. The van der Waals surface area contributed by atoms with Crippen LogP contribution >= 0.6 is 11.6 Å². The Morgan fingerprint density at radius 3 is 2.30 bits per heavy atom. The van der Waals surface area contributed by atoms with E-state index in [9.17, 15) is 26.4 Å². The number of amides is 1. The molecule has 1 amide bonds. The van der Waals surface area contributed by atoms with Gasteiger partial charge < -0.3 is 9.88 Å². The van der Waals surface area contributed by atoms with Gasteiger partial charge >= 0.3 is 6.18 Å². The first-order valence-corrected chi connectivity index (χ1v) is 15.3. The molecule has 12 heteroatoms. The molecule has 3 fully saturated rings. The summed E-state index contributed by atoms with van der Waals surface area (Å²) in [4.78, 5) is 13.0. The van der Waals surface area contributed by atoms with Crippen molar-refractivity contribution in [3.05, 3.63) is 64.4 Å². The summed E-state index contributed by atoms with van der Waals surface area (Å²) in [5, 5.41) is 11.8. The van der Waals surface area contributed by atoms with Crippen molar-refractivity contribution in [3.63, 3.8) is 0 Å². The fourth-order valence-corrected chi connectivity index (χ4v) is 7.27. The summed E-state index contributed by atoms with van der Waals surface area (Å²) in [6.07, 6.45) is 1.76. The molecule has 3 aliphatic rings. The van der Waals surface area contributed by atoms with Crippen LogP contribution in [0.3, 0.4) is 0 Å². The topological polar surface area (TPSA) is 93.9 Å². The molecule has 6 rings (SSSR count). The van der Waals surface area contributed by atoms with Crippen molar-refractivity contribution in [1.82, 2.24) is 20.1 Å². The minimum absolute atomic E-state index is 0.0105. The summed E-state index contributed by atoms with van der Waals surface area (Å²) < 4.78 is 66.1. The van der Waals surface area contributed by atoms with E-state index in [4.69, 9.17) is 11.6 Å². The number of carbonyl (C=O) groups is 1.